The minimum Gasteiger partial charge on any atom is -0.378 e. The molecule has 0 radical (unpaired) electrons. The number of ether oxygens (including phenoxy) is 1. The molecular formula is C17H16ClF2N5O. The van der Waals surface area contributed by atoms with E-state index in [2.05, 4.69) is 21.5 Å². The van der Waals surface area contributed by atoms with E-state index < -0.39 is 17.9 Å². The van der Waals surface area contributed by atoms with Gasteiger partial charge in [0.2, 0.25) is 5.95 Å². The molecule has 6 nitrogen and oxygen atoms in total. The number of anilines is 1. The quantitative estimate of drug-likeness (QED) is 0.887. The van der Waals surface area contributed by atoms with E-state index in [-0.39, 0.29) is 23.0 Å². The molecule has 9 heteroatoms. The number of halogens is 3. The third-order valence-corrected chi connectivity index (χ3v) is 6.19. The van der Waals surface area contributed by atoms with Crippen LogP contribution in [0.5, 0.6) is 0 Å². The highest BCUT2D eigenvalue weighted by molar-refractivity contribution is 6.35. The summed E-state index contributed by atoms with van der Waals surface area (Å²) in [4.78, 5) is 4.22. The molecule has 1 N–H and O–H groups in total. The van der Waals surface area contributed by atoms with Crippen molar-refractivity contribution in [3.63, 3.8) is 0 Å². The maximum atomic E-state index is 14.1. The van der Waals surface area contributed by atoms with Crippen molar-refractivity contribution in [2.45, 2.75) is 49.0 Å². The molecule has 2 atom stereocenters. The first kappa shape index (κ1) is 16.2. The normalized spacial score (nSPS) is 35.5. The molecule has 0 aromatic carbocycles. The molecule has 3 aliphatic carbocycles. The Hall–Kier alpha value is -1.98. The summed E-state index contributed by atoms with van der Waals surface area (Å²) in [5, 5.41) is 17.3. The second-order valence-corrected chi connectivity index (χ2v) is 8.00. The van der Waals surface area contributed by atoms with Crippen LogP contribution in [0.25, 0.3) is 5.52 Å². The summed E-state index contributed by atoms with van der Waals surface area (Å²) < 4.78 is 34.7. The SMILES string of the molecule is N#Cc1c(Cl)c2cnc(N[C@@H]3CCOC[C@H]3F)nn2c1C12CC(F)(C1)C2. The molecular weight excluding hydrogens is 364 g/mol. The average molecular weight is 380 g/mol. The van der Waals surface area contributed by atoms with E-state index in [0.29, 0.717) is 49.1 Å². The van der Waals surface area contributed by atoms with Crippen molar-refractivity contribution in [2.24, 2.45) is 0 Å². The zero-order chi connectivity index (χ0) is 18.1. The lowest BCUT2D eigenvalue weighted by Gasteiger charge is -2.65. The van der Waals surface area contributed by atoms with Gasteiger partial charge in [-0.25, -0.2) is 18.3 Å². The van der Waals surface area contributed by atoms with Gasteiger partial charge >= 0.3 is 0 Å². The van der Waals surface area contributed by atoms with Gasteiger partial charge in [0.1, 0.15) is 23.4 Å². The Labute approximate surface area is 153 Å². The van der Waals surface area contributed by atoms with Crippen molar-refractivity contribution in [3.8, 4) is 6.07 Å². The smallest absolute Gasteiger partial charge is 0.241 e. The highest BCUT2D eigenvalue weighted by Gasteiger charge is 2.71. The zero-order valence-corrected chi connectivity index (χ0v) is 14.6. The number of aromatic nitrogens is 3. The van der Waals surface area contributed by atoms with Gasteiger partial charge in [0.25, 0.3) is 0 Å². The number of nitrogens with zero attached hydrogens (tertiary/aromatic N) is 4. The van der Waals surface area contributed by atoms with Crippen molar-refractivity contribution in [1.29, 1.82) is 5.26 Å². The highest BCUT2D eigenvalue weighted by atomic mass is 35.5. The maximum Gasteiger partial charge on any atom is 0.241 e. The molecule has 0 unspecified atom stereocenters. The Bertz CT molecular complexity index is 935. The molecule has 4 aliphatic rings. The van der Waals surface area contributed by atoms with Gasteiger partial charge in [-0.3, -0.25) is 0 Å². The molecule has 6 rings (SSSR count). The summed E-state index contributed by atoms with van der Waals surface area (Å²) >= 11 is 6.35. The maximum absolute atomic E-state index is 14.1. The number of hydrogen-bond donors (Lipinski definition) is 1. The summed E-state index contributed by atoms with van der Waals surface area (Å²) in [6, 6.07) is 1.70. The van der Waals surface area contributed by atoms with Gasteiger partial charge in [-0.05, 0) is 25.7 Å². The van der Waals surface area contributed by atoms with Crippen LogP contribution in [-0.4, -0.2) is 45.7 Å². The van der Waals surface area contributed by atoms with Gasteiger partial charge in [0.15, 0.2) is 0 Å². The van der Waals surface area contributed by atoms with Crippen LogP contribution in [0, 0.1) is 11.3 Å². The van der Waals surface area contributed by atoms with Gasteiger partial charge in [-0.1, -0.05) is 11.6 Å². The van der Waals surface area contributed by atoms with E-state index in [9.17, 15) is 14.0 Å². The van der Waals surface area contributed by atoms with Crippen LogP contribution in [0.2, 0.25) is 5.02 Å². The summed E-state index contributed by atoms with van der Waals surface area (Å²) in [5.41, 5.74) is -0.0164. The number of alkyl halides is 2. The van der Waals surface area contributed by atoms with Crippen molar-refractivity contribution >= 4 is 23.1 Å². The molecule has 0 spiro atoms. The lowest BCUT2D eigenvalue weighted by atomic mass is 9.41. The molecule has 1 saturated heterocycles. The van der Waals surface area contributed by atoms with E-state index >= 15 is 0 Å². The van der Waals surface area contributed by atoms with Crippen LogP contribution in [-0.2, 0) is 10.2 Å². The largest absolute Gasteiger partial charge is 0.378 e. The highest BCUT2D eigenvalue weighted by Crippen LogP contribution is 2.70. The Morgan fingerprint density at radius 2 is 2.19 bits per heavy atom. The standard InChI is InChI=1S/C17H16ClF2N5O/c18-13-9(3-21)14(16-6-17(20,7-16)8-16)25-12(13)4-22-15(24-25)23-11-1-2-26-5-10(11)19/h4,10-11H,1-2,5-8H2,(H,23,24)/t10-,11-,16?,17?/m1/s1. The summed E-state index contributed by atoms with van der Waals surface area (Å²) in [6.45, 7) is 0.516. The summed E-state index contributed by atoms with van der Waals surface area (Å²) in [5.74, 6) is 0.256. The number of fused-ring (bicyclic) bond motifs is 1. The predicted molar refractivity (Wildman–Crippen MR) is 89.8 cm³/mol. The molecule has 26 heavy (non-hydrogen) atoms. The first-order valence-corrected chi connectivity index (χ1v) is 8.98. The predicted octanol–water partition coefficient (Wildman–Crippen LogP) is 2.94. The Kier molecular flexibility index (Phi) is 3.29. The summed E-state index contributed by atoms with van der Waals surface area (Å²) in [6.07, 6.45) is 2.04. The van der Waals surface area contributed by atoms with Gasteiger partial charge in [-0.2, -0.15) is 5.26 Å². The first-order chi connectivity index (χ1) is 12.4. The van der Waals surface area contributed by atoms with Gasteiger partial charge < -0.3 is 10.1 Å². The molecule has 3 saturated carbocycles. The van der Waals surface area contributed by atoms with E-state index in [4.69, 9.17) is 16.3 Å². The van der Waals surface area contributed by atoms with Gasteiger partial charge in [-0.15, -0.1) is 5.10 Å². The van der Waals surface area contributed by atoms with Crippen LogP contribution in [0.3, 0.4) is 0 Å². The monoisotopic (exact) mass is 379 g/mol. The molecule has 1 aliphatic heterocycles. The average Bonchev–Trinajstić information content (AvgIpc) is 2.85. The topological polar surface area (TPSA) is 75.2 Å². The van der Waals surface area contributed by atoms with Crippen molar-refractivity contribution in [2.75, 3.05) is 18.5 Å². The molecule has 2 aromatic heterocycles. The van der Waals surface area contributed by atoms with Crippen LogP contribution < -0.4 is 5.32 Å². The van der Waals surface area contributed by atoms with Gasteiger partial charge in [0, 0.05) is 12.0 Å². The Morgan fingerprint density at radius 3 is 2.85 bits per heavy atom. The zero-order valence-electron chi connectivity index (χ0n) is 13.8. The van der Waals surface area contributed by atoms with Crippen LogP contribution >= 0.6 is 11.6 Å². The fraction of sp³-hybridized carbons (Fsp3) is 0.588. The molecule has 136 valence electrons. The minimum atomic E-state index is -1.14. The minimum absolute atomic E-state index is 0.0424. The fourth-order valence-electron chi connectivity index (χ4n) is 4.61. The van der Waals surface area contributed by atoms with E-state index in [0.717, 1.165) is 0 Å². The fourth-order valence-corrected chi connectivity index (χ4v) is 4.87. The van der Waals surface area contributed by atoms with E-state index in [1.54, 1.807) is 4.52 Å². The van der Waals surface area contributed by atoms with Crippen LogP contribution in [0.15, 0.2) is 6.20 Å². The first-order valence-electron chi connectivity index (χ1n) is 8.60. The summed E-state index contributed by atoms with van der Waals surface area (Å²) in [7, 11) is 0. The Balaban J connectivity index is 1.56. The van der Waals surface area contributed by atoms with Crippen LogP contribution in [0.4, 0.5) is 14.7 Å². The molecule has 2 bridgehead atoms. The number of hydrogen-bond acceptors (Lipinski definition) is 5. The lowest BCUT2D eigenvalue weighted by Crippen LogP contribution is -2.67. The van der Waals surface area contributed by atoms with Gasteiger partial charge in [0.05, 0.1) is 35.1 Å². The second kappa shape index (κ2) is 5.27. The van der Waals surface area contributed by atoms with Crippen molar-refractivity contribution < 1.29 is 13.5 Å². The van der Waals surface area contributed by atoms with Crippen LogP contribution in [0.1, 0.15) is 36.9 Å². The number of nitrogens with one attached hydrogen (secondary N) is 1. The third-order valence-electron chi connectivity index (χ3n) is 5.81. The van der Waals surface area contributed by atoms with E-state index in [1.807, 2.05) is 0 Å². The van der Waals surface area contributed by atoms with E-state index in [1.165, 1.54) is 6.20 Å². The number of rotatable bonds is 3. The van der Waals surface area contributed by atoms with Crippen molar-refractivity contribution in [1.82, 2.24) is 14.6 Å². The lowest BCUT2D eigenvalue weighted by molar-refractivity contribution is -0.160. The number of nitriles is 1. The molecule has 3 heterocycles. The second-order valence-electron chi connectivity index (χ2n) is 7.62. The molecule has 0 amide bonds. The van der Waals surface area contributed by atoms with Crippen molar-refractivity contribution in [3.05, 3.63) is 22.5 Å². The Morgan fingerprint density at radius 1 is 1.42 bits per heavy atom. The third kappa shape index (κ3) is 2.10. The molecule has 4 fully saturated rings. The molecule has 2 aromatic rings.